The lowest BCUT2D eigenvalue weighted by Gasteiger charge is -2.17. The summed E-state index contributed by atoms with van der Waals surface area (Å²) in [6, 6.07) is 8.92. The molecule has 0 unspecified atom stereocenters. The van der Waals surface area contributed by atoms with Gasteiger partial charge in [0.25, 0.3) is 0 Å². The Morgan fingerprint density at radius 1 is 1.45 bits per heavy atom. The number of hydrogen-bond donors (Lipinski definition) is 2. The fourth-order valence-electron chi connectivity index (χ4n) is 2.25. The topological polar surface area (TPSA) is 68.2 Å². The van der Waals surface area contributed by atoms with E-state index in [2.05, 4.69) is 15.7 Å². The molecular weight excluding hydrogens is 256 g/mol. The summed E-state index contributed by atoms with van der Waals surface area (Å²) in [5, 5.41) is 10.1. The highest BCUT2D eigenvalue weighted by Gasteiger charge is 2.26. The number of anilines is 1. The summed E-state index contributed by atoms with van der Waals surface area (Å²) in [5.74, 6) is 1.30. The second kappa shape index (κ2) is 5.34. The number of fused-ring (bicyclic) bond motifs is 1. The van der Waals surface area contributed by atoms with Crippen LogP contribution in [-0.4, -0.2) is 28.8 Å². The minimum atomic E-state index is -0.427. The van der Waals surface area contributed by atoms with E-state index < -0.39 is 6.04 Å². The standard InChI is InChI=1S/C14H16N4O2/c1-18-12(6-7-16-18)17-14(19)13-10-4-2-3-5-11(10)20-9-8-15-13/h2-7,13,15H,8-9H2,1H3,(H,17,19)/t13-/m1/s1. The quantitative estimate of drug-likeness (QED) is 0.858. The molecule has 0 radical (unpaired) electrons. The molecule has 1 aromatic carbocycles. The van der Waals surface area contributed by atoms with Crippen molar-refractivity contribution in [3.63, 3.8) is 0 Å². The van der Waals surface area contributed by atoms with Crippen LogP contribution < -0.4 is 15.4 Å². The van der Waals surface area contributed by atoms with Gasteiger partial charge in [-0.05, 0) is 6.07 Å². The number of ether oxygens (including phenoxy) is 1. The first-order valence-corrected chi connectivity index (χ1v) is 6.49. The predicted octanol–water partition coefficient (Wildman–Crippen LogP) is 1.08. The van der Waals surface area contributed by atoms with Gasteiger partial charge in [0, 0.05) is 25.2 Å². The second-order valence-electron chi connectivity index (χ2n) is 4.60. The molecule has 6 heteroatoms. The van der Waals surface area contributed by atoms with Crippen LogP contribution in [0.25, 0.3) is 0 Å². The summed E-state index contributed by atoms with van der Waals surface area (Å²) in [5.41, 5.74) is 0.852. The highest BCUT2D eigenvalue weighted by Crippen LogP contribution is 2.27. The number of nitrogens with one attached hydrogen (secondary N) is 2. The van der Waals surface area contributed by atoms with Gasteiger partial charge in [-0.3, -0.25) is 14.8 Å². The molecule has 0 fully saturated rings. The van der Waals surface area contributed by atoms with E-state index in [0.717, 1.165) is 11.3 Å². The van der Waals surface area contributed by atoms with Crippen LogP contribution in [0.15, 0.2) is 36.5 Å². The number of carbonyl (C=O) groups is 1. The maximum absolute atomic E-state index is 12.5. The Balaban J connectivity index is 1.86. The lowest BCUT2D eigenvalue weighted by molar-refractivity contribution is -0.118. The molecule has 2 N–H and O–H groups in total. The first-order valence-electron chi connectivity index (χ1n) is 6.49. The molecule has 1 aromatic heterocycles. The zero-order chi connectivity index (χ0) is 13.9. The van der Waals surface area contributed by atoms with Crippen molar-refractivity contribution in [2.24, 2.45) is 7.05 Å². The maximum atomic E-state index is 12.5. The van der Waals surface area contributed by atoms with E-state index >= 15 is 0 Å². The van der Waals surface area contributed by atoms with Crippen molar-refractivity contribution in [1.82, 2.24) is 15.1 Å². The van der Waals surface area contributed by atoms with E-state index in [1.54, 1.807) is 24.0 Å². The fourth-order valence-corrected chi connectivity index (χ4v) is 2.25. The third-order valence-corrected chi connectivity index (χ3v) is 3.27. The third-order valence-electron chi connectivity index (χ3n) is 3.27. The van der Waals surface area contributed by atoms with Crippen LogP contribution in [0.4, 0.5) is 5.82 Å². The van der Waals surface area contributed by atoms with Crippen LogP contribution in [0, 0.1) is 0 Å². The molecular formula is C14H16N4O2. The molecule has 20 heavy (non-hydrogen) atoms. The average molecular weight is 272 g/mol. The number of carbonyl (C=O) groups excluding carboxylic acids is 1. The van der Waals surface area contributed by atoms with Gasteiger partial charge < -0.3 is 10.1 Å². The number of aryl methyl sites for hydroxylation is 1. The molecule has 1 aliphatic rings. The molecule has 104 valence electrons. The number of benzene rings is 1. The van der Waals surface area contributed by atoms with Crippen LogP contribution in [0.5, 0.6) is 5.75 Å². The van der Waals surface area contributed by atoms with Gasteiger partial charge in [0.05, 0.1) is 6.20 Å². The SMILES string of the molecule is Cn1nccc1NC(=O)[C@@H]1NCCOc2ccccc21. The van der Waals surface area contributed by atoms with Crippen molar-refractivity contribution in [2.75, 3.05) is 18.5 Å². The molecule has 0 saturated carbocycles. The molecule has 1 atom stereocenters. The Kier molecular flexibility index (Phi) is 3.39. The lowest BCUT2D eigenvalue weighted by atomic mass is 10.1. The van der Waals surface area contributed by atoms with E-state index in [4.69, 9.17) is 4.74 Å². The summed E-state index contributed by atoms with van der Waals surface area (Å²) in [7, 11) is 1.78. The molecule has 2 heterocycles. The summed E-state index contributed by atoms with van der Waals surface area (Å²) in [4.78, 5) is 12.5. The molecule has 0 aliphatic carbocycles. The van der Waals surface area contributed by atoms with Crippen LogP contribution in [0.1, 0.15) is 11.6 Å². The van der Waals surface area contributed by atoms with Crippen molar-refractivity contribution in [3.05, 3.63) is 42.1 Å². The average Bonchev–Trinajstić information content (AvgIpc) is 2.75. The van der Waals surface area contributed by atoms with Crippen molar-refractivity contribution in [3.8, 4) is 5.75 Å². The van der Waals surface area contributed by atoms with E-state index in [9.17, 15) is 4.79 Å². The maximum Gasteiger partial charge on any atom is 0.247 e. The van der Waals surface area contributed by atoms with Gasteiger partial charge in [-0.15, -0.1) is 0 Å². The van der Waals surface area contributed by atoms with Gasteiger partial charge in [-0.25, -0.2) is 0 Å². The molecule has 6 nitrogen and oxygen atoms in total. The monoisotopic (exact) mass is 272 g/mol. The first kappa shape index (κ1) is 12.7. The van der Waals surface area contributed by atoms with E-state index in [1.165, 1.54) is 0 Å². The third kappa shape index (κ3) is 2.37. The van der Waals surface area contributed by atoms with Gasteiger partial charge >= 0.3 is 0 Å². The minimum absolute atomic E-state index is 0.119. The molecule has 1 amide bonds. The van der Waals surface area contributed by atoms with Crippen LogP contribution >= 0.6 is 0 Å². The highest BCUT2D eigenvalue weighted by atomic mass is 16.5. The smallest absolute Gasteiger partial charge is 0.247 e. The van der Waals surface area contributed by atoms with Gasteiger partial charge in [0.15, 0.2) is 0 Å². The number of aromatic nitrogens is 2. The lowest BCUT2D eigenvalue weighted by Crippen LogP contribution is -2.33. The van der Waals surface area contributed by atoms with Crippen LogP contribution in [-0.2, 0) is 11.8 Å². The predicted molar refractivity (Wildman–Crippen MR) is 74.5 cm³/mol. The minimum Gasteiger partial charge on any atom is -0.492 e. The zero-order valence-electron chi connectivity index (χ0n) is 11.2. The fraction of sp³-hybridized carbons (Fsp3) is 0.286. The Bertz CT molecular complexity index is 623. The first-order chi connectivity index (χ1) is 9.75. The largest absolute Gasteiger partial charge is 0.492 e. The Labute approximate surface area is 116 Å². The van der Waals surface area contributed by atoms with Crippen molar-refractivity contribution < 1.29 is 9.53 Å². The summed E-state index contributed by atoms with van der Waals surface area (Å²) < 4.78 is 7.25. The number of rotatable bonds is 2. The van der Waals surface area contributed by atoms with Crippen molar-refractivity contribution in [2.45, 2.75) is 6.04 Å². The molecule has 2 aromatic rings. The molecule has 1 aliphatic heterocycles. The van der Waals surface area contributed by atoms with Crippen LogP contribution in [0.3, 0.4) is 0 Å². The number of hydrogen-bond acceptors (Lipinski definition) is 4. The molecule has 0 spiro atoms. The Morgan fingerprint density at radius 3 is 3.10 bits per heavy atom. The number of para-hydroxylation sites is 1. The second-order valence-corrected chi connectivity index (χ2v) is 4.60. The Morgan fingerprint density at radius 2 is 2.30 bits per heavy atom. The molecule has 0 bridgehead atoms. The molecule has 0 saturated heterocycles. The number of amides is 1. The van der Waals surface area contributed by atoms with Crippen molar-refractivity contribution in [1.29, 1.82) is 0 Å². The summed E-state index contributed by atoms with van der Waals surface area (Å²) in [6.45, 7) is 1.17. The van der Waals surface area contributed by atoms with Crippen molar-refractivity contribution >= 4 is 11.7 Å². The van der Waals surface area contributed by atoms with Gasteiger partial charge in [0.1, 0.15) is 24.2 Å². The van der Waals surface area contributed by atoms with E-state index in [1.807, 2.05) is 24.3 Å². The summed E-state index contributed by atoms with van der Waals surface area (Å²) >= 11 is 0. The van der Waals surface area contributed by atoms with Crippen LogP contribution in [0.2, 0.25) is 0 Å². The van der Waals surface area contributed by atoms with E-state index in [0.29, 0.717) is 19.0 Å². The highest BCUT2D eigenvalue weighted by molar-refractivity contribution is 5.95. The number of nitrogens with zero attached hydrogens (tertiary/aromatic N) is 2. The van der Waals surface area contributed by atoms with Gasteiger partial charge in [0.2, 0.25) is 5.91 Å². The van der Waals surface area contributed by atoms with Gasteiger partial charge in [-0.1, -0.05) is 18.2 Å². The van der Waals surface area contributed by atoms with Gasteiger partial charge in [-0.2, -0.15) is 5.10 Å². The zero-order valence-corrected chi connectivity index (χ0v) is 11.2. The van der Waals surface area contributed by atoms with E-state index in [-0.39, 0.29) is 5.91 Å². The Hall–Kier alpha value is -2.34. The summed E-state index contributed by atoms with van der Waals surface area (Å²) in [6.07, 6.45) is 1.65. The molecule has 3 rings (SSSR count). The normalized spacial score (nSPS) is 17.8.